The topological polar surface area (TPSA) is 82.1 Å². The van der Waals surface area contributed by atoms with Gasteiger partial charge in [-0.2, -0.15) is 0 Å². The molecule has 0 atom stereocenters. The van der Waals surface area contributed by atoms with Gasteiger partial charge in [0.2, 0.25) is 5.79 Å². The van der Waals surface area contributed by atoms with Crippen LogP contribution in [-0.2, 0) is 9.47 Å². The first-order valence-electron chi connectivity index (χ1n) is 5.64. The molecule has 6 nitrogen and oxygen atoms in total. The average Bonchev–Trinajstić information content (AvgIpc) is 2.25. The molecule has 2 rings (SSSR count). The second-order valence-corrected chi connectivity index (χ2v) is 4.65. The largest absolute Gasteiger partial charge is 0.507 e. The third kappa shape index (κ3) is 2.09. The summed E-state index contributed by atoms with van der Waals surface area (Å²) in [7, 11) is 1.19. The molecule has 19 heavy (non-hydrogen) atoms. The number of methoxy groups -OCH3 is 1. The number of carbonyl (C=O) groups is 2. The third-order valence-electron chi connectivity index (χ3n) is 2.81. The summed E-state index contributed by atoms with van der Waals surface area (Å²) in [5.41, 5.74) is 0.321. The molecule has 0 spiro atoms. The van der Waals surface area contributed by atoms with Crippen molar-refractivity contribution in [2.75, 3.05) is 7.11 Å². The molecule has 0 amide bonds. The maximum absolute atomic E-state index is 12.0. The van der Waals surface area contributed by atoms with Gasteiger partial charge in [-0.1, -0.05) is 0 Å². The van der Waals surface area contributed by atoms with Crippen LogP contribution in [0.4, 0.5) is 0 Å². The first-order chi connectivity index (χ1) is 8.76. The minimum atomic E-state index is -1.12. The van der Waals surface area contributed by atoms with Crippen LogP contribution in [0.15, 0.2) is 6.07 Å². The molecule has 1 N–H and O–H groups in total. The summed E-state index contributed by atoms with van der Waals surface area (Å²) in [6, 6.07) is 1.22. The number of hydrogen-bond donors (Lipinski definition) is 1. The molecular weight excluding hydrogens is 252 g/mol. The van der Waals surface area contributed by atoms with Gasteiger partial charge in [0.05, 0.1) is 7.11 Å². The van der Waals surface area contributed by atoms with E-state index in [4.69, 9.17) is 9.47 Å². The minimum Gasteiger partial charge on any atom is -0.507 e. The summed E-state index contributed by atoms with van der Waals surface area (Å²) in [5.74, 6) is -2.56. The van der Waals surface area contributed by atoms with Crippen LogP contribution in [0.2, 0.25) is 0 Å². The zero-order chi connectivity index (χ0) is 14.4. The van der Waals surface area contributed by atoms with Crippen LogP contribution in [0.1, 0.15) is 40.1 Å². The van der Waals surface area contributed by atoms with Gasteiger partial charge >= 0.3 is 11.9 Å². The zero-order valence-electron chi connectivity index (χ0n) is 11.1. The van der Waals surface area contributed by atoms with Gasteiger partial charge in [-0.3, -0.25) is 0 Å². The highest BCUT2D eigenvalue weighted by atomic mass is 16.7. The van der Waals surface area contributed by atoms with Gasteiger partial charge in [0.15, 0.2) is 0 Å². The van der Waals surface area contributed by atoms with Crippen molar-refractivity contribution in [1.82, 2.24) is 0 Å². The molecule has 0 saturated carbocycles. The first kappa shape index (κ1) is 13.2. The normalized spacial score (nSPS) is 16.1. The molecule has 1 aromatic rings. The lowest BCUT2D eigenvalue weighted by Crippen LogP contribution is -2.39. The van der Waals surface area contributed by atoms with E-state index in [9.17, 15) is 14.7 Å². The van der Waals surface area contributed by atoms with Gasteiger partial charge in [-0.15, -0.1) is 0 Å². The Bertz CT molecular complexity index is 573. The smallest absolute Gasteiger partial charge is 0.345 e. The Hall–Kier alpha value is -2.24. The van der Waals surface area contributed by atoms with Crippen LogP contribution < -0.4 is 4.74 Å². The molecule has 0 bridgehead atoms. The van der Waals surface area contributed by atoms with Gasteiger partial charge in [0.25, 0.3) is 0 Å². The maximum atomic E-state index is 12.0. The van der Waals surface area contributed by atoms with Crippen molar-refractivity contribution in [1.29, 1.82) is 0 Å². The van der Waals surface area contributed by atoms with E-state index in [-0.39, 0.29) is 28.2 Å². The fourth-order valence-electron chi connectivity index (χ4n) is 2.02. The Morgan fingerprint density at radius 3 is 2.58 bits per heavy atom. The van der Waals surface area contributed by atoms with E-state index in [0.29, 0.717) is 0 Å². The standard InChI is InChI=1S/C13H14O6/c1-6-9(11(15)17-4)7(14)5-8-10(6)12(16)19-13(2,3)18-8/h5,14H,1-4H3. The second kappa shape index (κ2) is 4.15. The second-order valence-electron chi connectivity index (χ2n) is 4.65. The summed E-state index contributed by atoms with van der Waals surface area (Å²) >= 11 is 0. The highest BCUT2D eigenvalue weighted by Gasteiger charge is 2.37. The summed E-state index contributed by atoms with van der Waals surface area (Å²) in [6.07, 6.45) is 0. The van der Waals surface area contributed by atoms with Crippen LogP contribution >= 0.6 is 0 Å². The number of rotatable bonds is 1. The molecule has 102 valence electrons. The SMILES string of the molecule is COC(=O)c1c(O)cc2c(c1C)C(=O)OC(C)(C)O2. The number of fused-ring (bicyclic) bond motifs is 1. The predicted octanol–water partition coefficient (Wildman–Crippen LogP) is 1.77. The molecule has 1 aromatic carbocycles. The molecule has 0 fully saturated rings. The van der Waals surface area contributed by atoms with Crippen molar-refractivity contribution in [2.24, 2.45) is 0 Å². The molecule has 0 radical (unpaired) electrons. The van der Waals surface area contributed by atoms with Crippen LogP contribution in [0, 0.1) is 6.92 Å². The average molecular weight is 266 g/mol. The Morgan fingerprint density at radius 1 is 1.37 bits per heavy atom. The van der Waals surface area contributed by atoms with E-state index in [1.165, 1.54) is 20.1 Å². The number of phenols is 1. The quantitative estimate of drug-likeness (QED) is 0.780. The Labute approximate surface area is 109 Å². The van der Waals surface area contributed by atoms with Crippen LogP contribution in [-0.4, -0.2) is 29.9 Å². The number of carbonyl (C=O) groups excluding carboxylic acids is 2. The lowest BCUT2D eigenvalue weighted by Gasteiger charge is -2.32. The number of ether oxygens (including phenoxy) is 3. The molecule has 1 aliphatic heterocycles. The van der Waals surface area contributed by atoms with E-state index in [1.807, 2.05) is 0 Å². The van der Waals surface area contributed by atoms with E-state index >= 15 is 0 Å². The Morgan fingerprint density at radius 2 is 2.00 bits per heavy atom. The molecular formula is C13H14O6. The Kier molecular flexibility index (Phi) is 2.88. The fourth-order valence-corrected chi connectivity index (χ4v) is 2.02. The van der Waals surface area contributed by atoms with Crippen LogP contribution in [0.25, 0.3) is 0 Å². The highest BCUT2D eigenvalue weighted by Crippen LogP contribution is 2.39. The van der Waals surface area contributed by atoms with Crippen LogP contribution in [0.5, 0.6) is 11.5 Å². The van der Waals surface area contributed by atoms with Crippen molar-refractivity contribution >= 4 is 11.9 Å². The Balaban J connectivity index is 2.67. The number of phenolic OH excluding ortho intramolecular Hbond substituents is 1. The molecule has 1 aliphatic rings. The van der Waals surface area contributed by atoms with Crippen molar-refractivity contribution in [3.8, 4) is 11.5 Å². The number of esters is 2. The number of hydrogen-bond acceptors (Lipinski definition) is 6. The summed E-state index contributed by atoms with van der Waals surface area (Å²) < 4.78 is 15.1. The van der Waals surface area contributed by atoms with Gasteiger partial charge < -0.3 is 19.3 Å². The lowest BCUT2D eigenvalue weighted by atomic mass is 9.99. The van der Waals surface area contributed by atoms with E-state index in [0.717, 1.165) is 0 Å². The molecule has 0 saturated heterocycles. The number of cyclic esters (lactones) is 1. The zero-order valence-corrected chi connectivity index (χ0v) is 11.1. The van der Waals surface area contributed by atoms with Crippen molar-refractivity contribution in [3.05, 3.63) is 22.8 Å². The minimum absolute atomic E-state index is 0.0680. The van der Waals surface area contributed by atoms with E-state index in [2.05, 4.69) is 4.74 Å². The fraction of sp³-hybridized carbons (Fsp3) is 0.385. The lowest BCUT2D eigenvalue weighted by molar-refractivity contribution is -0.127. The van der Waals surface area contributed by atoms with E-state index < -0.39 is 17.7 Å². The van der Waals surface area contributed by atoms with Crippen molar-refractivity contribution in [2.45, 2.75) is 26.6 Å². The molecule has 6 heteroatoms. The first-order valence-corrected chi connectivity index (χ1v) is 5.64. The predicted molar refractivity (Wildman–Crippen MR) is 64.3 cm³/mol. The highest BCUT2D eigenvalue weighted by molar-refractivity contribution is 6.02. The van der Waals surface area contributed by atoms with Gasteiger partial charge in [-0.25, -0.2) is 9.59 Å². The number of aromatic hydroxyl groups is 1. The van der Waals surface area contributed by atoms with E-state index in [1.54, 1.807) is 13.8 Å². The maximum Gasteiger partial charge on any atom is 0.345 e. The van der Waals surface area contributed by atoms with Crippen LogP contribution in [0.3, 0.4) is 0 Å². The van der Waals surface area contributed by atoms with Gasteiger partial charge in [-0.05, 0) is 12.5 Å². The van der Waals surface area contributed by atoms with Crippen molar-refractivity contribution < 1.29 is 28.9 Å². The summed E-state index contributed by atoms with van der Waals surface area (Å²) in [4.78, 5) is 23.6. The molecule has 0 aliphatic carbocycles. The molecule has 0 unspecified atom stereocenters. The monoisotopic (exact) mass is 266 g/mol. The van der Waals surface area contributed by atoms with Crippen molar-refractivity contribution in [3.63, 3.8) is 0 Å². The third-order valence-corrected chi connectivity index (χ3v) is 2.81. The molecule has 1 heterocycles. The molecule has 0 aromatic heterocycles. The van der Waals surface area contributed by atoms with Gasteiger partial charge in [0, 0.05) is 19.9 Å². The van der Waals surface area contributed by atoms with Gasteiger partial charge in [0.1, 0.15) is 22.6 Å². The number of benzene rings is 1. The summed E-state index contributed by atoms with van der Waals surface area (Å²) in [5, 5.41) is 9.87. The summed E-state index contributed by atoms with van der Waals surface area (Å²) in [6.45, 7) is 4.68.